The van der Waals surface area contributed by atoms with E-state index in [1.54, 1.807) is 0 Å². The first-order valence-corrected chi connectivity index (χ1v) is 7.10. The van der Waals surface area contributed by atoms with E-state index in [1.165, 1.54) is 11.3 Å². The number of hydrogen-bond acceptors (Lipinski definition) is 3. The molecule has 1 unspecified atom stereocenters. The highest BCUT2D eigenvalue weighted by atomic mass is 32.1. The molecule has 17 heavy (non-hydrogen) atoms. The van der Waals surface area contributed by atoms with E-state index in [2.05, 4.69) is 0 Å². The first-order chi connectivity index (χ1) is 8.21. The fourth-order valence-electron chi connectivity index (χ4n) is 2.98. The number of hydrogen-bond donors (Lipinski definition) is 1. The van der Waals surface area contributed by atoms with Crippen molar-refractivity contribution in [3.63, 3.8) is 0 Å². The maximum atomic E-state index is 12.1. The van der Waals surface area contributed by atoms with E-state index >= 15 is 0 Å². The molecule has 3 nitrogen and oxygen atoms in total. The number of piperidine rings is 1. The minimum Gasteiger partial charge on any atom is -0.393 e. The van der Waals surface area contributed by atoms with Gasteiger partial charge in [0.25, 0.3) is 5.91 Å². The molecule has 0 bridgehead atoms. The van der Waals surface area contributed by atoms with Crippen LogP contribution in [0.2, 0.25) is 0 Å². The molecule has 2 aliphatic rings. The van der Waals surface area contributed by atoms with Crippen molar-refractivity contribution in [1.82, 2.24) is 4.90 Å². The predicted molar refractivity (Wildman–Crippen MR) is 67.1 cm³/mol. The standard InChI is InChI=1S/C13H17NO2S/c15-11-3-4-13(11)5-7-14(8-6-13)12(16)10-2-1-9-17-10/h1-2,9,11,15H,3-8H2. The van der Waals surface area contributed by atoms with Crippen molar-refractivity contribution < 1.29 is 9.90 Å². The van der Waals surface area contributed by atoms with Crippen LogP contribution in [0.4, 0.5) is 0 Å². The third-order valence-electron chi connectivity index (χ3n) is 4.40. The number of carbonyl (C=O) groups excluding carboxylic acids is 1. The first kappa shape index (κ1) is 11.2. The number of likely N-dealkylation sites (tertiary alicyclic amines) is 1. The fraction of sp³-hybridized carbons (Fsp3) is 0.615. The number of carbonyl (C=O) groups is 1. The Bertz CT molecular complexity index is 407. The van der Waals surface area contributed by atoms with Crippen LogP contribution in [0.1, 0.15) is 35.4 Å². The second-order valence-electron chi connectivity index (χ2n) is 5.19. The average Bonchev–Trinajstić information content (AvgIpc) is 2.90. The molecule has 1 atom stereocenters. The highest BCUT2D eigenvalue weighted by Gasteiger charge is 2.47. The summed E-state index contributed by atoms with van der Waals surface area (Å²) in [6, 6.07) is 3.80. The molecule has 1 saturated carbocycles. The SMILES string of the molecule is O=C(c1cccs1)N1CCC2(CCC2O)CC1. The van der Waals surface area contributed by atoms with Gasteiger partial charge in [-0.05, 0) is 42.5 Å². The molecule has 2 heterocycles. The van der Waals surface area contributed by atoms with Crippen LogP contribution >= 0.6 is 11.3 Å². The highest BCUT2D eigenvalue weighted by molar-refractivity contribution is 7.12. The van der Waals surface area contributed by atoms with Gasteiger partial charge in [-0.1, -0.05) is 6.07 Å². The van der Waals surface area contributed by atoms with E-state index < -0.39 is 0 Å². The van der Waals surface area contributed by atoms with E-state index in [-0.39, 0.29) is 17.4 Å². The summed E-state index contributed by atoms with van der Waals surface area (Å²) in [6.07, 6.45) is 3.88. The van der Waals surface area contributed by atoms with Gasteiger partial charge in [0, 0.05) is 13.1 Å². The van der Waals surface area contributed by atoms with Gasteiger partial charge >= 0.3 is 0 Å². The molecule has 92 valence electrons. The van der Waals surface area contributed by atoms with Crippen LogP contribution in [-0.2, 0) is 0 Å². The summed E-state index contributed by atoms with van der Waals surface area (Å²) < 4.78 is 0. The summed E-state index contributed by atoms with van der Waals surface area (Å²) in [7, 11) is 0. The van der Waals surface area contributed by atoms with Crippen LogP contribution in [0, 0.1) is 5.41 Å². The van der Waals surface area contributed by atoms with Gasteiger partial charge in [0.05, 0.1) is 11.0 Å². The molecule has 1 aromatic rings. The lowest BCUT2D eigenvalue weighted by atomic mass is 9.61. The quantitative estimate of drug-likeness (QED) is 0.830. The van der Waals surface area contributed by atoms with Crippen molar-refractivity contribution in [2.24, 2.45) is 5.41 Å². The lowest BCUT2D eigenvalue weighted by Gasteiger charge is -2.51. The molecule has 1 aliphatic heterocycles. The van der Waals surface area contributed by atoms with Gasteiger partial charge in [-0.25, -0.2) is 0 Å². The maximum Gasteiger partial charge on any atom is 0.263 e. The van der Waals surface area contributed by atoms with Gasteiger partial charge in [-0.3, -0.25) is 4.79 Å². The normalized spacial score (nSPS) is 26.9. The average molecular weight is 251 g/mol. The molecular formula is C13H17NO2S. The molecule has 1 spiro atoms. The van der Waals surface area contributed by atoms with Crippen molar-refractivity contribution >= 4 is 17.2 Å². The third kappa shape index (κ3) is 1.79. The van der Waals surface area contributed by atoms with Gasteiger partial charge in [0.15, 0.2) is 0 Å². The van der Waals surface area contributed by atoms with Crippen molar-refractivity contribution in [2.75, 3.05) is 13.1 Å². The minimum atomic E-state index is -0.124. The molecule has 3 rings (SSSR count). The van der Waals surface area contributed by atoms with Crippen LogP contribution in [-0.4, -0.2) is 35.1 Å². The van der Waals surface area contributed by atoms with Crippen LogP contribution in [0.25, 0.3) is 0 Å². The van der Waals surface area contributed by atoms with E-state index in [9.17, 15) is 9.90 Å². The molecule has 1 aromatic heterocycles. The van der Waals surface area contributed by atoms with Crippen molar-refractivity contribution in [2.45, 2.75) is 31.8 Å². The second kappa shape index (κ2) is 4.10. The van der Waals surface area contributed by atoms with E-state index in [4.69, 9.17) is 0 Å². The van der Waals surface area contributed by atoms with Crippen molar-refractivity contribution in [3.8, 4) is 0 Å². The number of nitrogens with zero attached hydrogens (tertiary/aromatic N) is 1. The van der Waals surface area contributed by atoms with Crippen LogP contribution < -0.4 is 0 Å². The van der Waals surface area contributed by atoms with E-state index in [1.807, 2.05) is 22.4 Å². The zero-order chi connectivity index (χ0) is 11.9. The molecule has 2 fully saturated rings. The zero-order valence-corrected chi connectivity index (χ0v) is 10.6. The maximum absolute atomic E-state index is 12.1. The Morgan fingerprint density at radius 3 is 2.65 bits per heavy atom. The van der Waals surface area contributed by atoms with Gasteiger partial charge in [-0.2, -0.15) is 0 Å². The Labute approximate surface area is 105 Å². The molecule has 1 aliphatic carbocycles. The number of thiophene rings is 1. The van der Waals surface area contributed by atoms with Gasteiger partial charge in [-0.15, -0.1) is 11.3 Å². The van der Waals surface area contributed by atoms with Crippen molar-refractivity contribution in [1.29, 1.82) is 0 Å². The topological polar surface area (TPSA) is 40.5 Å². The largest absolute Gasteiger partial charge is 0.393 e. The number of aliphatic hydroxyl groups excluding tert-OH is 1. The minimum absolute atomic E-state index is 0.124. The Hall–Kier alpha value is -0.870. The molecule has 1 amide bonds. The van der Waals surface area contributed by atoms with Gasteiger partial charge < -0.3 is 10.0 Å². The van der Waals surface area contributed by atoms with E-state index in [0.29, 0.717) is 0 Å². The summed E-state index contributed by atoms with van der Waals surface area (Å²) in [4.78, 5) is 14.9. The lowest BCUT2D eigenvalue weighted by Crippen LogP contribution is -2.53. The number of aliphatic hydroxyl groups is 1. The molecule has 1 saturated heterocycles. The Balaban J connectivity index is 1.64. The molecule has 1 N–H and O–H groups in total. The molecule has 0 aromatic carbocycles. The number of rotatable bonds is 1. The third-order valence-corrected chi connectivity index (χ3v) is 5.26. The Morgan fingerprint density at radius 2 is 2.18 bits per heavy atom. The predicted octanol–water partition coefficient (Wildman–Crippen LogP) is 2.13. The lowest BCUT2D eigenvalue weighted by molar-refractivity contribution is -0.0952. The molecular weight excluding hydrogens is 234 g/mol. The zero-order valence-electron chi connectivity index (χ0n) is 9.76. The van der Waals surface area contributed by atoms with E-state index in [0.717, 1.165) is 43.6 Å². The molecule has 4 heteroatoms. The van der Waals surface area contributed by atoms with Gasteiger partial charge in [0.1, 0.15) is 0 Å². The summed E-state index contributed by atoms with van der Waals surface area (Å²) in [6.45, 7) is 1.60. The monoisotopic (exact) mass is 251 g/mol. The summed E-state index contributed by atoms with van der Waals surface area (Å²) in [5.74, 6) is 0.156. The van der Waals surface area contributed by atoms with Crippen LogP contribution in [0.3, 0.4) is 0 Å². The second-order valence-corrected chi connectivity index (χ2v) is 6.13. The van der Waals surface area contributed by atoms with Crippen molar-refractivity contribution in [3.05, 3.63) is 22.4 Å². The highest BCUT2D eigenvalue weighted by Crippen LogP contribution is 2.49. The first-order valence-electron chi connectivity index (χ1n) is 6.22. The van der Waals surface area contributed by atoms with Gasteiger partial charge in [0.2, 0.25) is 0 Å². The summed E-state index contributed by atoms with van der Waals surface area (Å²) in [5, 5.41) is 11.8. The number of amides is 1. The summed E-state index contributed by atoms with van der Waals surface area (Å²) >= 11 is 1.50. The fourth-order valence-corrected chi connectivity index (χ4v) is 3.67. The summed E-state index contributed by atoms with van der Waals surface area (Å²) in [5.41, 5.74) is 0.145. The van der Waals surface area contributed by atoms with Crippen LogP contribution in [0.15, 0.2) is 17.5 Å². The molecule has 0 radical (unpaired) electrons. The smallest absolute Gasteiger partial charge is 0.263 e. The Kier molecular flexibility index (Phi) is 2.71. The Morgan fingerprint density at radius 1 is 1.41 bits per heavy atom. The van der Waals surface area contributed by atoms with Crippen LogP contribution in [0.5, 0.6) is 0 Å².